The monoisotopic (exact) mass is 379 g/mol. The highest BCUT2D eigenvalue weighted by Crippen LogP contribution is 2.28. The van der Waals surface area contributed by atoms with Gasteiger partial charge in [-0.2, -0.15) is 0 Å². The Labute approximate surface area is 133 Å². The maximum Gasteiger partial charge on any atom is 0.343 e. The topological polar surface area (TPSA) is 81.7 Å². The van der Waals surface area contributed by atoms with E-state index in [1.165, 1.54) is 25.3 Å². The molecule has 0 aliphatic rings. The fourth-order valence-corrected chi connectivity index (χ4v) is 3.38. The maximum atomic E-state index is 12.1. The highest BCUT2D eigenvalue weighted by Gasteiger charge is 2.18. The Morgan fingerprint density at radius 1 is 1.43 bits per heavy atom. The molecule has 0 unspecified atom stereocenters. The molecular formula is C13H18BrNO5S. The quantitative estimate of drug-likeness (QED) is 0.733. The summed E-state index contributed by atoms with van der Waals surface area (Å²) in [7, 11) is -2.31. The van der Waals surface area contributed by atoms with Gasteiger partial charge in [-0.25, -0.2) is 17.9 Å². The van der Waals surface area contributed by atoms with E-state index in [-0.39, 0.29) is 17.5 Å². The summed E-state index contributed by atoms with van der Waals surface area (Å²) in [6.45, 7) is 3.44. The van der Waals surface area contributed by atoms with Crippen molar-refractivity contribution in [2.45, 2.75) is 31.2 Å². The lowest BCUT2D eigenvalue weighted by Gasteiger charge is -2.13. The van der Waals surface area contributed by atoms with Gasteiger partial charge in [-0.05, 0) is 47.5 Å². The van der Waals surface area contributed by atoms with E-state index in [0.717, 1.165) is 0 Å². The van der Waals surface area contributed by atoms with Crippen molar-refractivity contribution in [2.75, 3.05) is 13.7 Å². The zero-order valence-corrected chi connectivity index (χ0v) is 14.5. The van der Waals surface area contributed by atoms with Crippen molar-refractivity contribution in [3.8, 4) is 5.75 Å². The third-order valence-corrected chi connectivity index (χ3v) is 4.96. The largest absolute Gasteiger partial charge is 0.481 e. The lowest BCUT2D eigenvalue weighted by molar-refractivity contribution is -0.142. The Balaban J connectivity index is 2.89. The fourth-order valence-electron chi connectivity index (χ4n) is 1.38. The first-order valence-corrected chi connectivity index (χ1v) is 8.59. The lowest BCUT2D eigenvalue weighted by Crippen LogP contribution is -2.32. The molecule has 1 aromatic carbocycles. The van der Waals surface area contributed by atoms with Crippen LogP contribution in [0.1, 0.15) is 20.3 Å². The van der Waals surface area contributed by atoms with Gasteiger partial charge in [0, 0.05) is 6.04 Å². The molecule has 0 aliphatic carbocycles. The normalized spacial score (nSPS) is 12.8. The molecule has 0 saturated heterocycles. The Kier molecular flexibility index (Phi) is 6.63. The first-order valence-electron chi connectivity index (χ1n) is 6.31. The molecule has 0 aromatic heterocycles. The summed E-state index contributed by atoms with van der Waals surface area (Å²) in [5.41, 5.74) is 0. The third-order valence-electron chi connectivity index (χ3n) is 2.76. The van der Waals surface area contributed by atoms with E-state index in [4.69, 9.17) is 4.74 Å². The van der Waals surface area contributed by atoms with Gasteiger partial charge in [0.25, 0.3) is 0 Å². The van der Waals surface area contributed by atoms with Gasteiger partial charge in [0.05, 0.1) is 16.5 Å². The Morgan fingerprint density at radius 3 is 2.62 bits per heavy atom. The third kappa shape index (κ3) is 5.29. The average Bonchev–Trinajstić information content (AvgIpc) is 2.44. The lowest BCUT2D eigenvalue weighted by atomic mass is 10.3. The molecule has 1 aromatic rings. The SMILES string of the molecule is CC[C@@H](C)NS(=O)(=O)c1ccc(OCC(=O)OC)c(Br)c1. The first kappa shape index (κ1) is 17.9. The molecule has 0 aliphatic heterocycles. The molecule has 0 spiro atoms. The number of halogens is 1. The van der Waals surface area contributed by atoms with Crippen LogP contribution in [0.5, 0.6) is 5.75 Å². The van der Waals surface area contributed by atoms with Crippen molar-refractivity contribution < 1.29 is 22.7 Å². The number of carbonyl (C=O) groups excluding carboxylic acids is 1. The van der Waals surface area contributed by atoms with Crippen LogP contribution in [-0.4, -0.2) is 34.1 Å². The predicted molar refractivity (Wildman–Crippen MR) is 81.7 cm³/mol. The minimum atomic E-state index is -3.57. The van der Waals surface area contributed by atoms with Crippen LogP contribution in [0.3, 0.4) is 0 Å². The number of hydrogen-bond donors (Lipinski definition) is 1. The second kappa shape index (κ2) is 7.77. The van der Waals surface area contributed by atoms with Crippen molar-refractivity contribution in [3.05, 3.63) is 22.7 Å². The first-order chi connectivity index (χ1) is 9.80. The van der Waals surface area contributed by atoms with E-state index in [2.05, 4.69) is 25.4 Å². The molecule has 6 nitrogen and oxygen atoms in total. The minimum Gasteiger partial charge on any atom is -0.481 e. The number of hydrogen-bond acceptors (Lipinski definition) is 5. The van der Waals surface area contributed by atoms with E-state index in [0.29, 0.717) is 16.6 Å². The van der Waals surface area contributed by atoms with E-state index in [9.17, 15) is 13.2 Å². The number of benzene rings is 1. The summed E-state index contributed by atoms with van der Waals surface area (Å²) in [6.07, 6.45) is 0.695. The molecule has 21 heavy (non-hydrogen) atoms. The molecule has 0 bridgehead atoms. The van der Waals surface area contributed by atoms with E-state index >= 15 is 0 Å². The van der Waals surface area contributed by atoms with Crippen LogP contribution in [-0.2, 0) is 19.6 Å². The van der Waals surface area contributed by atoms with Crippen LogP contribution in [0.2, 0.25) is 0 Å². The summed E-state index contributed by atoms with van der Waals surface area (Å²) in [5.74, 6) is -0.153. The number of methoxy groups -OCH3 is 1. The molecule has 8 heteroatoms. The smallest absolute Gasteiger partial charge is 0.343 e. The van der Waals surface area contributed by atoms with E-state index < -0.39 is 16.0 Å². The molecule has 0 saturated carbocycles. The molecule has 0 heterocycles. The molecule has 118 valence electrons. The van der Waals surface area contributed by atoms with Gasteiger partial charge < -0.3 is 9.47 Å². The predicted octanol–water partition coefficient (Wildman–Crippen LogP) is 2.08. The number of rotatable bonds is 7. The second-order valence-corrected chi connectivity index (χ2v) is 6.96. The van der Waals surface area contributed by atoms with Crippen molar-refractivity contribution in [2.24, 2.45) is 0 Å². The number of ether oxygens (including phenoxy) is 2. The highest BCUT2D eigenvalue weighted by molar-refractivity contribution is 9.10. The van der Waals surface area contributed by atoms with Gasteiger partial charge in [-0.1, -0.05) is 6.92 Å². The maximum absolute atomic E-state index is 12.1. The van der Waals surface area contributed by atoms with E-state index in [1.807, 2.05) is 6.92 Å². The highest BCUT2D eigenvalue weighted by atomic mass is 79.9. The molecular weight excluding hydrogens is 362 g/mol. The summed E-state index contributed by atoms with van der Waals surface area (Å²) in [4.78, 5) is 11.1. The summed E-state index contributed by atoms with van der Waals surface area (Å²) >= 11 is 3.23. The van der Waals surface area contributed by atoms with Gasteiger partial charge in [0.1, 0.15) is 5.75 Å². The fraction of sp³-hybridized carbons (Fsp3) is 0.462. The van der Waals surface area contributed by atoms with Crippen LogP contribution in [0.15, 0.2) is 27.6 Å². The standard InChI is InChI=1S/C13H18BrNO5S/c1-4-9(2)15-21(17,18)10-5-6-12(11(14)7-10)20-8-13(16)19-3/h5-7,9,15H,4,8H2,1-3H3/t9-/m1/s1. The van der Waals surface area contributed by atoms with Crippen molar-refractivity contribution in [1.29, 1.82) is 0 Å². The molecule has 1 atom stereocenters. The van der Waals surface area contributed by atoms with Crippen LogP contribution in [0.4, 0.5) is 0 Å². The Morgan fingerprint density at radius 2 is 2.10 bits per heavy atom. The summed E-state index contributed by atoms with van der Waals surface area (Å²) < 4.78 is 37.0. The van der Waals surface area contributed by atoms with Crippen LogP contribution in [0.25, 0.3) is 0 Å². The zero-order valence-electron chi connectivity index (χ0n) is 12.1. The Hall–Kier alpha value is -1.12. The van der Waals surface area contributed by atoms with Crippen molar-refractivity contribution in [1.82, 2.24) is 4.72 Å². The van der Waals surface area contributed by atoms with Crippen LogP contribution < -0.4 is 9.46 Å². The van der Waals surface area contributed by atoms with Gasteiger partial charge >= 0.3 is 5.97 Å². The average molecular weight is 380 g/mol. The zero-order chi connectivity index (χ0) is 16.0. The van der Waals surface area contributed by atoms with Gasteiger partial charge in [0.15, 0.2) is 6.61 Å². The van der Waals surface area contributed by atoms with Crippen LogP contribution in [0, 0.1) is 0 Å². The van der Waals surface area contributed by atoms with Crippen molar-refractivity contribution >= 4 is 31.9 Å². The minimum absolute atomic E-state index is 0.125. The van der Waals surface area contributed by atoms with Gasteiger partial charge in [-0.15, -0.1) is 0 Å². The number of esters is 1. The Bertz CT molecular complexity index is 603. The molecule has 1 N–H and O–H groups in total. The number of sulfonamides is 1. The second-order valence-electron chi connectivity index (χ2n) is 4.39. The van der Waals surface area contributed by atoms with Crippen molar-refractivity contribution in [3.63, 3.8) is 0 Å². The van der Waals surface area contributed by atoms with Crippen LogP contribution >= 0.6 is 15.9 Å². The number of carbonyl (C=O) groups is 1. The molecule has 0 radical (unpaired) electrons. The van der Waals surface area contributed by atoms with Gasteiger partial charge in [-0.3, -0.25) is 0 Å². The molecule has 0 amide bonds. The molecule has 0 fully saturated rings. The van der Waals surface area contributed by atoms with E-state index in [1.54, 1.807) is 6.92 Å². The van der Waals surface area contributed by atoms with Gasteiger partial charge in [0.2, 0.25) is 10.0 Å². The summed E-state index contributed by atoms with van der Waals surface area (Å²) in [5, 5.41) is 0. The summed E-state index contributed by atoms with van der Waals surface area (Å²) in [6, 6.07) is 4.18. The molecule has 1 rings (SSSR count). The number of nitrogens with one attached hydrogen (secondary N) is 1.